The van der Waals surface area contributed by atoms with Crippen molar-refractivity contribution in [2.75, 3.05) is 13.7 Å². The van der Waals surface area contributed by atoms with Crippen LogP contribution < -0.4 is 9.46 Å². The van der Waals surface area contributed by atoms with Crippen LogP contribution in [0, 0.1) is 13.8 Å². The molecule has 0 spiro atoms. The first kappa shape index (κ1) is 19.1. The third-order valence-corrected chi connectivity index (χ3v) is 5.86. The van der Waals surface area contributed by atoms with Crippen molar-refractivity contribution >= 4 is 10.0 Å². The van der Waals surface area contributed by atoms with Gasteiger partial charge in [-0.1, -0.05) is 18.2 Å². The van der Waals surface area contributed by atoms with E-state index in [1.165, 1.54) is 0 Å². The van der Waals surface area contributed by atoms with Gasteiger partial charge in [-0.25, -0.2) is 18.1 Å². The predicted octanol–water partition coefficient (Wildman–Crippen LogP) is 3.49. The number of aryl methyl sites for hydroxylation is 2. The number of ether oxygens (including phenoxy) is 1. The van der Waals surface area contributed by atoms with Crippen LogP contribution in [0.1, 0.15) is 17.0 Å². The minimum atomic E-state index is -3.61. The van der Waals surface area contributed by atoms with Gasteiger partial charge in [0.2, 0.25) is 15.9 Å². The molecule has 27 heavy (non-hydrogen) atoms. The molecule has 0 atom stereocenters. The van der Waals surface area contributed by atoms with E-state index >= 15 is 0 Å². The maximum Gasteiger partial charge on any atom is 0.240 e. The highest BCUT2D eigenvalue weighted by Crippen LogP contribution is 2.22. The number of sulfonamides is 1. The van der Waals surface area contributed by atoms with Crippen molar-refractivity contribution in [3.8, 4) is 17.2 Å². The number of oxazole rings is 1. The Kier molecular flexibility index (Phi) is 5.62. The van der Waals surface area contributed by atoms with Gasteiger partial charge in [-0.2, -0.15) is 0 Å². The monoisotopic (exact) mass is 386 g/mol. The zero-order valence-electron chi connectivity index (χ0n) is 15.5. The molecule has 0 saturated heterocycles. The predicted molar refractivity (Wildman–Crippen MR) is 103 cm³/mol. The van der Waals surface area contributed by atoms with Gasteiger partial charge in [0.15, 0.2) is 0 Å². The number of rotatable bonds is 7. The summed E-state index contributed by atoms with van der Waals surface area (Å²) in [6.07, 6.45) is 0.441. The molecule has 0 amide bonds. The quantitative estimate of drug-likeness (QED) is 0.672. The minimum Gasteiger partial charge on any atom is -0.497 e. The Balaban J connectivity index is 1.68. The van der Waals surface area contributed by atoms with Gasteiger partial charge in [-0.05, 0) is 49.7 Å². The molecule has 0 bridgehead atoms. The molecule has 0 aliphatic rings. The third-order valence-electron chi connectivity index (χ3n) is 4.24. The summed E-state index contributed by atoms with van der Waals surface area (Å²) in [6, 6.07) is 14.5. The number of hydrogen-bond donors (Lipinski definition) is 1. The van der Waals surface area contributed by atoms with Crippen LogP contribution in [0.3, 0.4) is 0 Å². The second-order valence-corrected chi connectivity index (χ2v) is 7.90. The summed E-state index contributed by atoms with van der Waals surface area (Å²) in [4.78, 5) is 4.74. The lowest BCUT2D eigenvalue weighted by molar-refractivity contribution is 0.414. The van der Waals surface area contributed by atoms with Gasteiger partial charge in [-0.3, -0.25) is 0 Å². The molecule has 0 unspecified atom stereocenters. The van der Waals surface area contributed by atoms with E-state index in [-0.39, 0.29) is 11.4 Å². The molecule has 0 aliphatic heterocycles. The van der Waals surface area contributed by atoms with E-state index in [1.807, 2.05) is 37.3 Å². The fourth-order valence-corrected chi connectivity index (χ4v) is 4.05. The fourth-order valence-electron chi connectivity index (χ4n) is 2.80. The van der Waals surface area contributed by atoms with E-state index in [4.69, 9.17) is 9.15 Å². The summed E-state index contributed by atoms with van der Waals surface area (Å²) in [6.45, 7) is 3.80. The number of hydrogen-bond acceptors (Lipinski definition) is 5. The van der Waals surface area contributed by atoms with Crippen molar-refractivity contribution in [2.45, 2.75) is 25.2 Å². The van der Waals surface area contributed by atoms with Gasteiger partial charge in [0, 0.05) is 18.5 Å². The van der Waals surface area contributed by atoms with E-state index in [0.717, 1.165) is 11.3 Å². The van der Waals surface area contributed by atoms with Gasteiger partial charge < -0.3 is 9.15 Å². The first-order valence-corrected chi connectivity index (χ1v) is 10.0. The molecule has 142 valence electrons. The molecule has 0 fully saturated rings. The summed E-state index contributed by atoms with van der Waals surface area (Å²) >= 11 is 0. The number of benzene rings is 2. The molecule has 1 N–H and O–H groups in total. The molecule has 0 saturated carbocycles. The number of methoxy groups -OCH3 is 1. The van der Waals surface area contributed by atoms with Crippen LogP contribution >= 0.6 is 0 Å². The Morgan fingerprint density at radius 1 is 1.11 bits per heavy atom. The molecular formula is C20H22N2O4S. The normalized spacial score (nSPS) is 11.5. The van der Waals surface area contributed by atoms with E-state index in [1.54, 1.807) is 32.2 Å². The highest BCUT2D eigenvalue weighted by atomic mass is 32.2. The van der Waals surface area contributed by atoms with Gasteiger partial charge in [0.05, 0.1) is 17.7 Å². The Bertz CT molecular complexity index is 1030. The van der Waals surface area contributed by atoms with Gasteiger partial charge >= 0.3 is 0 Å². The summed E-state index contributed by atoms with van der Waals surface area (Å²) in [5, 5.41) is 0. The Morgan fingerprint density at radius 3 is 2.52 bits per heavy atom. The number of nitrogens with zero attached hydrogens (tertiary/aromatic N) is 1. The SMILES string of the molecule is COc1ccc(S(=O)(=O)NCCc2nc(-c3ccccc3)oc2C)c(C)c1. The highest BCUT2D eigenvalue weighted by Gasteiger charge is 2.18. The van der Waals surface area contributed by atoms with Crippen molar-refractivity contribution in [2.24, 2.45) is 0 Å². The molecule has 0 aliphatic carbocycles. The minimum absolute atomic E-state index is 0.232. The highest BCUT2D eigenvalue weighted by molar-refractivity contribution is 7.89. The van der Waals surface area contributed by atoms with Crippen LogP contribution in [0.25, 0.3) is 11.5 Å². The van der Waals surface area contributed by atoms with Crippen molar-refractivity contribution in [1.82, 2.24) is 9.71 Å². The first-order chi connectivity index (χ1) is 12.9. The third kappa shape index (κ3) is 4.37. The number of aromatic nitrogens is 1. The molecular weight excluding hydrogens is 364 g/mol. The van der Waals surface area contributed by atoms with Gasteiger partial charge in [-0.15, -0.1) is 0 Å². The molecule has 3 aromatic rings. The average Bonchev–Trinajstić information content (AvgIpc) is 3.03. The lowest BCUT2D eigenvalue weighted by Crippen LogP contribution is -2.26. The second kappa shape index (κ2) is 7.94. The largest absolute Gasteiger partial charge is 0.497 e. The van der Waals surface area contributed by atoms with E-state index in [9.17, 15) is 8.42 Å². The molecule has 6 nitrogen and oxygen atoms in total. The standard InChI is InChI=1S/C20H22N2O4S/c1-14-13-17(25-3)9-10-19(14)27(23,24)21-12-11-18-15(2)26-20(22-18)16-7-5-4-6-8-16/h4-10,13,21H,11-12H2,1-3H3. The van der Waals surface area contributed by atoms with Crippen molar-refractivity contribution in [1.29, 1.82) is 0 Å². The Labute approximate surface area is 159 Å². The van der Waals surface area contributed by atoms with Crippen LogP contribution in [0.5, 0.6) is 5.75 Å². The average molecular weight is 386 g/mol. The van der Waals surface area contributed by atoms with Crippen LogP contribution in [0.4, 0.5) is 0 Å². The fraction of sp³-hybridized carbons (Fsp3) is 0.250. The molecule has 0 radical (unpaired) electrons. The molecule has 3 rings (SSSR count). The van der Waals surface area contributed by atoms with Crippen molar-refractivity contribution < 1.29 is 17.6 Å². The second-order valence-electron chi connectivity index (χ2n) is 6.17. The molecule has 7 heteroatoms. The summed E-state index contributed by atoms with van der Waals surface area (Å²) in [5.74, 6) is 1.85. The van der Waals surface area contributed by atoms with Crippen LogP contribution in [0.15, 0.2) is 57.8 Å². The topological polar surface area (TPSA) is 81.4 Å². The zero-order valence-corrected chi connectivity index (χ0v) is 16.3. The van der Waals surface area contributed by atoms with Gasteiger partial charge in [0.25, 0.3) is 0 Å². The smallest absolute Gasteiger partial charge is 0.240 e. The summed E-state index contributed by atoms with van der Waals surface area (Å²) < 4.78 is 38.6. The van der Waals surface area contributed by atoms with E-state index in [0.29, 0.717) is 29.4 Å². The van der Waals surface area contributed by atoms with E-state index < -0.39 is 10.0 Å². The maximum atomic E-state index is 12.6. The number of nitrogens with one attached hydrogen (secondary N) is 1. The summed E-state index contributed by atoms with van der Waals surface area (Å²) in [7, 11) is -2.06. The van der Waals surface area contributed by atoms with Crippen LogP contribution in [0.2, 0.25) is 0 Å². The molecule has 1 aromatic heterocycles. The van der Waals surface area contributed by atoms with Crippen molar-refractivity contribution in [3.63, 3.8) is 0 Å². The Hall–Kier alpha value is -2.64. The zero-order chi connectivity index (χ0) is 19.4. The van der Waals surface area contributed by atoms with Crippen LogP contribution in [-0.2, 0) is 16.4 Å². The van der Waals surface area contributed by atoms with Crippen molar-refractivity contribution in [3.05, 3.63) is 65.5 Å². The summed E-state index contributed by atoms with van der Waals surface area (Å²) in [5.41, 5.74) is 2.26. The van der Waals surface area contributed by atoms with E-state index in [2.05, 4.69) is 9.71 Å². The lowest BCUT2D eigenvalue weighted by Gasteiger charge is -2.10. The molecule has 2 aromatic carbocycles. The van der Waals surface area contributed by atoms with Gasteiger partial charge in [0.1, 0.15) is 11.5 Å². The molecule has 1 heterocycles. The lowest BCUT2D eigenvalue weighted by atomic mass is 10.2. The van der Waals surface area contributed by atoms with Crippen LogP contribution in [-0.4, -0.2) is 27.1 Å². The first-order valence-electron chi connectivity index (χ1n) is 8.57. The maximum absolute atomic E-state index is 12.6. The Morgan fingerprint density at radius 2 is 1.85 bits per heavy atom.